The lowest BCUT2D eigenvalue weighted by Gasteiger charge is -2.23. The van der Waals surface area contributed by atoms with E-state index < -0.39 is 6.04 Å². The van der Waals surface area contributed by atoms with Crippen LogP contribution in [0, 0.1) is 18.2 Å². The van der Waals surface area contributed by atoms with Crippen LogP contribution in [0.4, 0.5) is 10.1 Å². The SMILES string of the molecule is COc1cc(C(Nc2ccc(-c3noc(C)n3)cc2)C(=N)SC)c(F)c2c1OCC2. The number of thioether (sulfide) groups is 1. The molecule has 0 spiro atoms. The number of nitrogens with zero attached hydrogens (tertiary/aromatic N) is 2. The molecule has 0 radical (unpaired) electrons. The Balaban J connectivity index is 1.67. The Kier molecular flexibility index (Phi) is 5.63. The third kappa shape index (κ3) is 3.72. The highest BCUT2D eigenvalue weighted by atomic mass is 32.2. The van der Waals surface area contributed by atoms with E-state index in [0.29, 0.717) is 47.4 Å². The standard InChI is InChI=1S/C21H21FN4O3S/c1-11-24-21(26-29-11)12-4-6-13(7-5-12)25-18(20(23)30-3)15-10-16(27-2)19-14(17(15)22)8-9-28-19/h4-7,10,18,23,25H,8-9H2,1-3H3. The minimum absolute atomic E-state index is 0.285. The molecule has 0 amide bonds. The molecular weight excluding hydrogens is 407 g/mol. The van der Waals surface area contributed by atoms with Crippen molar-refractivity contribution in [3.05, 3.63) is 53.2 Å². The van der Waals surface area contributed by atoms with E-state index in [1.165, 1.54) is 18.9 Å². The fourth-order valence-electron chi connectivity index (χ4n) is 3.39. The molecule has 1 aliphatic rings. The van der Waals surface area contributed by atoms with Crippen molar-refractivity contribution in [3.8, 4) is 22.9 Å². The van der Waals surface area contributed by atoms with Gasteiger partial charge in [-0.25, -0.2) is 4.39 Å². The molecule has 1 aromatic heterocycles. The second kappa shape index (κ2) is 8.35. The van der Waals surface area contributed by atoms with Gasteiger partial charge in [0, 0.05) is 35.7 Å². The Morgan fingerprint density at radius 1 is 1.33 bits per heavy atom. The van der Waals surface area contributed by atoms with Crippen LogP contribution in [-0.4, -0.2) is 35.2 Å². The number of ether oxygens (including phenoxy) is 2. The van der Waals surface area contributed by atoms with E-state index in [4.69, 9.17) is 19.4 Å². The second-order valence-electron chi connectivity index (χ2n) is 6.75. The number of methoxy groups -OCH3 is 1. The second-order valence-corrected chi connectivity index (χ2v) is 7.60. The van der Waals surface area contributed by atoms with Crippen LogP contribution in [0.2, 0.25) is 0 Å². The van der Waals surface area contributed by atoms with Gasteiger partial charge in [0.15, 0.2) is 11.5 Å². The molecule has 1 aliphatic heterocycles. The molecule has 2 aromatic carbocycles. The first-order valence-corrected chi connectivity index (χ1v) is 10.6. The van der Waals surface area contributed by atoms with E-state index in [1.807, 2.05) is 24.3 Å². The van der Waals surface area contributed by atoms with Crippen LogP contribution in [0.1, 0.15) is 23.1 Å². The van der Waals surface area contributed by atoms with Crippen LogP contribution in [0.15, 0.2) is 34.9 Å². The van der Waals surface area contributed by atoms with Crippen LogP contribution < -0.4 is 14.8 Å². The van der Waals surface area contributed by atoms with Gasteiger partial charge in [-0.1, -0.05) is 5.16 Å². The third-order valence-corrected chi connectivity index (χ3v) is 5.57. The number of rotatable bonds is 6. The zero-order valence-corrected chi connectivity index (χ0v) is 17.6. The molecule has 2 N–H and O–H groups in total. The Bertz CT molecular complexity index is 1080. The molecule has 0 aliphatic carbocycles. The summed E-state index contributed by atoms with van der Waals surface area (Å²) in [5.41, 5.74) is 2.38. The first kappa shape index (κ1) is 20.2. The summed E-state index contributed by atoms with van der Waals surface area (Å²) in [5.74, 6) is 1.56. The molecule has 2 heterocycles. The number of aromatic nitrogens is 2. The maximum absolute atomic E-state index is 15.3. The molecule has 0 saturated heterocycles. The van der Waals surface area contributed by atoms with E-state index >= 15 is 4.39 Å². The summed E-state index contributed by atoms with van der Waals surface area (Å²) in [6.07, 6.45) is 2.27. The zero-order chi connectivity index (χ0) is 21.3. The summed E-state index contributed by atoms with van der Waals surface area (Å²) in [4.78, 5) is 4.21. The predicted molar refractivity (Wildman–Crippen MR) is 114 cm³/mol. The first-order chi connectivity index (χ1) is 14.5. The van der Waals surface area contributed by atoms with E-state index in [2.05, 4.69) is 15.5 Å². The number of fused-ring (bicyclic) bond motifs is 1. The van der Waals surface area contributed by atoms with Gasteiger partial charge < -0.3 is 19.3 Å². The average molecular weight is 428 g/mol. The zero-order valence-electron chi connectivity index (χ0n) is 16.8. The fraction of sp³-hybridized carbons (Fsp3) is 0.286. The highest BCUT2D eigenvalue weighted by molar-refractivity contribution is 8.13. The number of hydrogen-bond donors (Lipinski definition) is 2. The van der Waals surface area contributed by atoms with Crippen LogP contribution >= 0.6 is 11.8 Å². The molecule has 0 saturated carbocycles. The Morgan fingerprint density at radius 3 is 2.73 bits per heavy atom. The van der Waals surface area contributed by atoms with Gasteiger partial charge in [-0.05, 0) is 36.6 Å². The molecule has 7 nitrogen and oxygen atoms in total. The van der Waals surface area contributed by atoms with Gasteiger partial charge in [0.2, 0.25) is 11.7 Å². The minimum atomic E-state index is -0.668. The Hall–Kier alpha value is -3.07. The molecule has 4 rings (SSSR count). The largest absolute Gasteiger partial charge is 0.493 e. The predicted octanol–water partition coefficient (Wildman–Crippen LogP) is 4.62. The van der Waals surface area contributed by atoms with Crippen molar-refractivity contribution in [3.63, 3.8) is 0 Å². The quantitative estimate of drug-likeness (QED) is 0.437. The number of aryl methyl sites for hydroxylation is 1. The van der Waals surface area contributed by atoms with Crippen LogP contribution in [0.5, 0.6) is 11.5 Å². The summed E-state index contributed by atoms with van der Waals surface area (Å²) in [6.45, 7) is 2.15. The number of anilines is 1. The summed E-state index contributed by atoms with van der Waals surface area (Å²) in [6, 6.07) is 8.32. The molecule has 30 heavy (non-hydrogen) atoms. The van der Waals surface area contributed by atoms with Gasteiger partial charge in [0.1, 0.15) is 11.9 Å². The molecular formula is C21H21FN4O3S. The maximum Gasteiger partial charge on any atom is 0.223 e. The van der Waals surface area contributed by atoms with E-state index in [-0.39, 0.29) is 10.9 Å². The van der Waals surface area contributed by atoms with Crippen molar-refractivity contribution in [1.82, 2.24) is 10.1 Å². The molecule has 0 bridgehead atoms. The normalized spacial score (nSPS) is 13.5. The smallest absolute Gasteiger partial charge is 0.223 e. The number of benzene rings is 2. The third-order valence-electron chi connectivity index (χ3n) is 4.90. The van der Waals surface area contributed by atoms with Crippen molar-refractivity contribution >= 4 is 22.5 Å². The first-order valence-electron chi connectivity index (χ1n) is 9.33. The fourth-order valence-corrected chi connectivity index (χ4v) is 3.81. The molecule has 1 atom stereocenters. The summed E-state index contributed by atoms with van der Waals surface area (Å²) in [7, 11) is 1.53. The van der Waals surface area contributed by atoms with Crippen molar-refractivity contribution in [2.24, 2.45) is 0 Å². The van der Waals surface area contributed by atoms with Crippen LogP contribution in [-0.2, 0) is 6.42 Å². The number of halogens is 1. The molecule has 9 heteroatoms. The number of hydrogen-bond acceptors (Lipinski definition) is 8. The highest BCUT2D eigenvalue weighted by Gasteiger charge is 2.29. The summed E-state index contributed by atoms with van der Waals surface area (Å²) in [5, 5.41) is 15.9. The maximum atomic E-state index is 15.3. The lowest BCUT2D eigenvalue weighted by molar-refractivity contribution is 0.325. The molecule has 0 fully saturated rings. The van der Waals surface area contributed by atoms with E-state index in [0.717, 1.165) is 11.3 Å². The van der Waals surface area contributed by atoms with Gasteiger partial charge >= 0.3 is 0 Å². The topological polar surface area (TPSA) is 93.3 Å². The molecule has 3 aromatic rings. The lowest BCUT2D eigenvalue weighted by atomic mass is 10.0. The van der Waals surface area contributed by atoms with E-state index in [9.17, 15) is 0 Å². The molecule has 156 valence electrons. The van der Waals surface area contributed by atoms with Crippen molar-refractivity contribution in [1.29, 1.82) is 5.41 Å². The van der Waals surface area contributed by atoms with Crippen molar-refractivity contribution in [2.45, 2.75) is 19.4 Å². The summed E-state index contributed by atoms with van der Waals surface area (Å²) >= 11 is 1.25. The van der Waals surface area contributed by atoms with E-state index in [1.54, 1.807) is 19.2 Å². The Labute approximate surface area is 177 Å². The molecule has 1 unspecified atom stereocenters. The van der Waals surface area contributed by atoms with Crippen molar-refractivity contribution in [2.75, 3.05) is 25.3 Å². The highest BCUT2D eigenvalue weighted by Crippen LogP contribution is 2.42. The monoisotopic (exact) mass is 428 g/mol. The van der Waals surface area contributed by atoms with Gasteiger partial charge in [-0.3, -0.25) is 5.41 Å². The van der Waals surface area contributed by atoms with Crippen molar-refractivity contribution < 1.29 is 18.4 Å². The lowest BCUT2D eigenvalue weighted by Crippen LogP contribution is -2.20. The van der Waals surface area contributed by atoms with Gasteiger partial charge in [-0.15, -0.1) is 11.8 Å². The van der Waals surface area contributed by atoms with Crippen LogP contribution in [0.25, 0.3) is 11.4 Å². The summed E-state index contributed by atoms with van der Waals surface area (Å²) < 4.78 is 31.3. The Morgan fingerprint density at radius 2 is 2.10 bits per heavy atom. The number of nitrogens with one attached hydrogen (secondary N) is 2. The van der Waals surface area contributed by atoms with Gasteiger partial charge in [0.05, 0.1) is 18.8 Å². The van der Waals surface area contributed by atoms with Crippen LogP contribution in [0.3, 0.4) is 0 Å². The average Bonchev–Trinajstić information content (AvgIpc) is 3.42. The van der Waals surface area contributed by atoms with Gasteiger partial charge in [-0.2, -0.15) is 4.98 Å². The minimum Gasteiger partial charge on any atom is -0.493 e. The van der Waals surface area contributed by atoms with Gasteiger partial charge in [0.25, 0.3) is 0 Å².